The van der Waals surface area contributed by atoms with Crippen molar-refractivity contribution in [3.8, 4) is 0 Å². The molecule has 1 aromatic heterocycles. The van der Waals surface area contributed by atoms with Gasteiger partial charge in [-0.15, -0.1) is 0 Å². The van der Waals surface area contributed by atoms with Gasteiger partial charge >= 0.3 is 0 Å². The molecule has 0 aliphatic carbocycles. The van der Waals surface area contributed by atoms with Gasteiger partial charge in [-0.1, -0.05) is 26.0 Å². The lowest BCUT2D eigenvalue weighted by Gasteiger charge is -2.09. The number of guanidine groups is 1. The molecule has 5 nitrogen and oxygen atoms in total. The lowest BCUT2D eigenvalue weighted by Crippen LogP contribution is -2.32. The summed E-state index contributed by atoms with van der Waals surface area (Å²) in [6, 6.07) is 0. The van der Waals surface area contributed by atoms with Crippen LogP contribution in [0.25, 0.3) is 0 Å². The van der Waals surface area contributed by atoms with Gasteiger partial charge in [-0.3, -0.25) is 0 Å². The fourth-order valence-electron chi connectivity index (χ4n) is 1.50. The summed E-state index contributed by atoms with van der Waals surface area (Å²) in [4.78, 5) is 8.56. The topological polar surface area (TPSA) is 68.2 Å². The molecule has 0 aliphatic rings. The lowest BCUT2D eigenvalue weighted by atomic mass is 10.2. The van der Waals surface area contributed by atoms with Gasteiger partial charge in [0.1, 0.15) is 12.4 Å². The highest BCUT2D eigenvalue weighted by Gasteiger charge is 2.03. The maximum atomic E-state index is 5.75. The number of nitrogens with two attached hydrogens (primary N) is 1. The van der Waals surface area contributed by atoms with Gasteiger partial charge < -0.3 is 15.6 Å². The lowest BCUT2D eigenvalue weighted by molar-refractivity contribution is 0.507. The van der Waals surface area contributed by atoms with E-state index in [2.05, 4.69) is 40.3 Å². The average Bonchev–Trinajstić information content (AvgIpc) is 2.70. The van der Waals surface area contributed by atoms with Crippen molar-refractivity contribution in [3.63, 3.8) is 0 Å². The first-order chi connectivity index (χ1) is 8.49. The van der Waals surface area contributed by atoms with Crippen molar-refractivity contribution in [3.05, 3.63) is 30.4 Å². The molecule has 5 heteroatoms. The van der Waals surface area contributed by atoms with E-state index in [1.54, 1.807) is 6.20 Å². The van der Waals surface area contributed by atoms with Gasteiger partial charge in [0, 0.05) is 25.5 Å². The van der Waals surface area contributed by atoms with Crippen LogP contribution in [0.4, 0.5) is 0 Å². The highest BCUT2D eigenvalue weighted by atomic mass is 15.1. The normalized spacial score (nSPS) is 11.9. The molecule has 0 fully saturated rings. The number of rotatable bonds is 6. The zero-order valence-electron chi connectivity index (χ0n) is 11.5. The van der Waals surface area contributed by atoms with Crippen LogP contribution in [0.2, 0.25) is 0 Å². The van der Waals surface area contributed by atoms with Crippen LogP contribution in [0.5, 0.6) is 0 Å². The largest absolute Gasteiger partial charge is 0.370 e. The Hall–Kier alpha value is -1.78. The molecule has 0 spiro atoms. The number of nitrogens with zero attached hydrogens (tertiary/aromatic N) is 3. The molecule has 1 aromatic rings. The zero-order chi connectivity index (χ0) is 13.5. The molecule has 3 N–H and O–H groups in total. The molecule has 1 rings (SSSR count). The zero-order valence-corrected chi connectivity index (χ0v) is 11.5. The molecule has 1 heterocycles. The van der Waals surface area contributed by atoms with Crippen LogP contribution >= 0.6 is 0 Å². The summed E-state index contributed by atoms with van der Waals surface area (Å²) in [5.41, 5.74) is 6.77. The Labute approximate surface area is 109 Å². The molecule has 100 valence electrons. The maximum absolute atomic E-state index is 5.75. The van der Waals surface area contributed by atoms with E-state index >= 15 is 0 Å². The van der Waals surface area contributed by atoms with Crippen LogP contribution in [0.1, 0.15) is 26.6 Å². The van der Waals surface area contributed by atoms with Gasteiger partial charge in [-0.05, 0) is 12.8 Å². The van der Waals surface area contributed by atoms with Crippen molar-refractivity contribution < 1.29 is 0 Å². The molecule has 0 radical (unpaired) electrons. The highest BCUT2D eigenvalue weighted by Crippen LogP contribution is 2.04. The second-order valence-corrected chi connectivity index (χ2v) is 4.90. The van der Waals surface area contributed by atoms with Crippen molar-refractivity contribution in [2.75, 3.05) is 6.54 Å². The Morgan fingerprint density at radius 1 is 1.61 bits per heavy atom. The number of aliphatic imine (C=N–C) groups is 1. The van der Waals surface area contributed by atoms with E-state index in [0.29, 0.717) is 25.0 Å². The van der Waals surface area contributed by atoms with Crippen LogP contribution in [0, 0.1) is 5.92 Å². The predicted molar refractivity (Wildman–Crippen MR) is 75.2 cm³/mol. The molecule has 0 unspecified atom stereocenters. The Bertz CT molecular complexity index is 417. The van der Waals surface area contributed by atoms with Crippen LogP contribution in [0.15, 0.2) is 29.5 Å². The number of hydrogen-bond acceptors (Lipinski definition) is 2. The van der Waals surface area contributed by atoms with E-state index in [1.165, 1.54) is 0 Å². The first-order valence-corrected chi connectivity index (χ1v) is 6.17. The van der Waals surface area contributed by atoms with Gasteiger partial charge in [-0.25, -0.2) is 9.98 Å². The fraction of sp³-hybridized carbons (Fsp3) is 0.538. The Morgan fingerprint density at radius 3 is 2.94 bits per heavy atom. The summed E-state index contributed by atoms with van der Waals surface area (Å²) in [6.07, 6.45) is 3.77. The second-order valence-electron chi connectivity index (χ2n) is 4.90. The van der Waals surface area contributed by atoms with Crippen molar-refractivity contribution in [2.45, 2.75) is 33.9 Å². The van der Waals surface area contributed by atoms with Crippen LogP contribution in [-0.2, 0) is 13.1 Å². The summed E-state index contributed by atoms with van der Waals surface area (Å²) in [5, 5.41) is 3.00. The van der Waals surface area contributed by atoms with E-state index < -0.39 is 0 Å². The molecule has 0 aromatic carbocycles. The monoisotopic (exact) mass is 249 g/mol. The van der Waals surface area contributed by atoms with Gasteiger partial charge in [0.2, 0.25) is 0 Å². The SMILES string of the molecule is C=C(C)CNC(N)=NCc1nccn1CC(C)C. The molecular formula is C13H23N5. The summed E-state index contributed by atoms with van der Waals surface area (Å²) >= 11 is 0. The molecule has 18 heavy (non-hydrogen) atoms. The smallest absolute Gasteiger partial charge is 0.189 e. The third kappa shape index (κ3) is 5.03. The minimum atomic E-state index is 0.428. The fourth-order valence-corrected chi connectivity index (χ4v) is 1.50. The van der Waals surface area contributed by atoms with Crippen molar-refractivity contribution in [2.24, 2.45) is 16.6 Å². The Kier molecular flexibility index (Phi) is 5.42. The summed E-state index contributed by atoms with van der Waals surface area (Å²) < 4.78 is 2.11. The number of hydrogen-bond donors (Lipinski definition) is 2. The standard InChI is InChI=1S/C13H23N5/c1-10(2)7-16-13(14)17-8-12-15-5-6-18(12)9-11(3)4/h5-6,11H,1,7-9H2,2-4H3,(H3,14,16,17). The van der Waals surface area contributed by atoms with E-state index in [-0.39, 0.29) is 0 Å². The highest BCUT2D eigenvalue weighted by molar-refractivity contribution is 5.77. The summed E-state index contributed by atoms with van der Waals surface area (Å²) in [5.74, 6) is 1.95. The third-order valence-electron chi connectivity index (χ3n) is 2.33. The van der Waals surface area contributed by atoms with Gasteiger partial charge in [0.05, 0.1) is 0 Å². The van der Waals surface area contributed by atoms with E-state index in [9.17, 15) is 0 Å². The molecule has 0 bridgehead atoms. The molecule has 0 aliphatic heterocycles. The van der Waals surface area contributed by atoms with E-state index in [1.807, 2.05) is 13.1 Å². The van der Waals surface area contributed by atoms with Gasteiger partial charge in [0.25, 0.3) is 0 Å². The third-order valence-corrected chi connectivity index (χ3v) is 2.33. The number of imidazole rings is 1. The second kappa shape index (κ2) is 6.83. The van der Waals surface area contributed by atoms with Crippen LogP contribution in [-0.4, -0.2) is 22.1 Å². The van der Waals surface area contributed by atoms with Crippen molar-refractivity contribution >= 4 is 5.96 Å². The quantitative estimate of drug-likeness (QED) is 0.456. The van der Waals surface area contributed by atoms with Crippen molar-refractivity contribution in [1.82, 2.24) is 14.9 Å². The number of nitrogens with one attached hydrogen (secondary N) is 1. The van der Waals surface area contributed by atoms with Gasteiger partial charge in [0.15, 0.2) is 5.96 Å². The molecule has 0 saturated carbocycles. The minimum absolute atomic E-state index is 0.428. The first kappa shape index (κ1) is 14.3. The molecular weight excluding hydrogens is 226 g/mol. The molecule has 0 atom stereocenters. The number of aromatic nitrogens is 2. The molecule has 0 saturated heterocycles. The van der Waals surface area contributed by atoms with E-state index in [4.69, 9.17) is 5.73 Å². The average molecular weight is 249 g/mol. The molecule has 0 amide bonds. The summed E-state index contributed by atoms with van der Waals surface area (Å²) in [6.45, 7) is 12.2. The Balaban J connectivity index is 2.54. The Morgan fingerprint density at radius 2 is 2.33 bits per heavy atom. The first-order valence-electron chi connectivity index (χ1n) is 6.17. The van der Waals surface area contributed by atoms with Crippen LogP contribution in [0.3, 0.4) is 0 Å². The van der Waals surface area contributed by atoms with Gasteiger partial charge in [-0.2, -0.15) is 0 Å². The maximum Gasteiger partial charge on any atom is 0.189 e. The minimum Gasteiger partial charge on any atom is -0.370 e. The predicted octanol–water partition coefficient (Wildman–Crippen LogP) is 1.52. The van der Waals surface area contributed by atoms with Crippen molar-refractivity contribution in [1.29, 1.82) is 0 Å². The van der Waals surface area contributed by atoms with Crippen LogP contribution < -0.4 is 11.1 Å². The van der Waals surface area contributed by atoms with E-state index in [0.717, 1.165) is 17.9 Å². The summed E-state index contributed by atoms with van der Waals surface area (Å²) in [7, 11) is 0.